The van der Waals surface area contributed by atoms with Crippen LogP contribution in [0.4, 0.5) is 16.1 Å². The Hall–Kier alpha value is -4.84. The molecule has 6 rings (SSSR count). The molecular formula is C27H21FN8O2S. The van der Waals surface area contributed by atoms with E-state index in [0.717, 1.165) is 33.3 Å². The number of amides is 1. The molecule has 39 heavy (non-hydrogen) atoms. The van der Waals surface area contributed by atoms with Crippen LogP contribution in [0.1, 0.15) is 28.9 Å². The minimum atomic E-state index is -1.17. The minimum absolute atomic E-state index is 0.0399. The number of aryl methyl sites for hydroxylation is 2. The number of nitrogens with one attached hydrogen (secondary N) is 2. The number of carbonyl (C=O) groups excluding carboxylic acids is 1. The van der Waals surface area contributed by atoms with E-state index in [1.807, 2.05) is 44.2 Å². The molecule has 2 N–H and O–H groups in total. The third kappa shape index (κ3) is 4.77. The molecule has 0 aliphatic carbocycles. The van der Waals surface area contributed by atoms with Gasteiger partial charge < -0.3 is 15.1 Å². The van der Waals surface area contributed by atoms with Crippen LogP contribution in [0.15, 0.2) is 70.3 Å². The number of hydrogen-bond donors (Lipinski definition) is 2. The van der Waals surface area contributed by atoms with E-state index in [0.29, 0.717) is 17.0 Å². The summed E-state index contributed by atoms with van der Waals surface area (Å²) < 4.78 is 20.6. The van der Waals surface area contributed by atoms with E-state index in [1.54, 1.807) is 24.5 Å². The minimum Gasteiger partial charge on any atom is -0.402 e. The number of benzodiazepines with no additional fused rings is 1. The van der Waals surface area contributed by atoms with E-state index in [1.165, 1.54) is 17.4 Å². The number of para-hydroxylation sites is 1. The molecule has 5 aromatic rings. The van der Waals surface area contributed by atoms with Gasteiger partial charge in [0.1, 0.15) is 17.3 Å². The van der Waals surface area contributed by atoms with Gasteiger partial charge in [0.15, 0.2) is 0 Å². The molecule has 0 saturated heterocycles. The molecule has 0 fully saturated rings. The maximum atomic E-state index is 14.7. The van der Waals surface area contributed by atoms with Gasteiger partial charge in [-0.2, -0.15) is 0 Å². The fourth-order valence-electron chi connectivity index (χ4n) is 4.14. The number of aromatic nitrogens is 5. The van der Waals surface area contributed by atoms with Gasteiger partial charge >= 0.3 is 6.01 Å². The molecule has 12 heteroatoms. The normalized spacial score (nSPS) is 14.8. The summed E-state index contributed by atoms with van der Waals surface area (Å²) in [5.74, 6) is -0.241. The predicted molar refractivity (Wildman–Crippen MR) is 145 cm³/mol. The highest BCUT2D eigenvalue weighted by Gasteiger charge is 2.29. The number of thiazole rings is 1. The second-order valence-corrected chi connectivity index (χ2v) is 9.81. The fraction of sp³-hybridized carbons (Fsp3) is 0.148. The molecule has 0 spiro atoms. The first-order valence-corrected chi connectivity index (χ1v) is 12.9. The van der Waals surface area contributed by atoms with Gasteiger partial charge in [-0.1, -0.05) is 54.5 Å². The van der Waals surface area contributed by atoms with E-state index in [4.69, 9.17) is 4.42 Å². The molecule has 4 heterocycles. The van der Waals surface area contributed by atoms with E-state index in [9.17, 15) is 9.18 Å². The van der Waals surface area contributed by atoms with Crippen molar-refractivity contribution in [3.63, 3.8) is 0 Å². The lowest BCUT2D eigenvalue weighted by Gasteiger charge is -2.11. The van der Waals surface area contributed by atoms with Crippen molar-refractivity contribution in [3.8, 4) is 22.0 Å². The van der Waals surface area contributed by atoms with Gasteiger partial charge in [-0.15, -0.1) is 16.4 Å². The van der Waals surface area contributed by atoms with E-state index in [2.05, 4.69) is 40.8 Å². The Bertz CT molecular complexity index is 1700. The van der Waals surface area contributed by atoms with Gasteiger partial charge in [-0.3, -0.25) is 4.79 Å². The van der Waals surface area contributed by atoms with E-state index in [-0.39, 0.29) is 17.6 Å². The number of carbonyl (C=O) groups is 1. The van der Waals surface area contributed by atoms with Gasteiger partial charge in [-0.05, 0) is 13.0 Å². The highest BCUT2D eigenvalue weighted by molar-refractivity contribution is 7.15. The molecule has 0 radical (unpaired) electrons. The van der Waals surface area contributed by atoms with Crippen LogP contribution < -0.4 is 10.6 Å². The summed E-state index contributed by atoms with van der Waals surface area (Å²) in [5.41, 5.74) is 2.94. The first-order valence-electron chi connectivity index (χ1n) is 12.1. The highest BCUT2D eigenvalue weighted by Crippen LogP contribution is 2.36. The molecule has 0 saturated carbocycles. The van der Waals surface area contributed by atoms with Crippen molar-refractivity contribution in [1.82, 2.24) is 25.1 Å². The summed E-state index contributed by atoms with van der Waals surface area (Å²) >= 11 is 1.46. The van der Waals surface area contributed by atoms with E-state index >= 15 is 0 Å². The predicted octanol–water partition coefficient (Wildman–Crippen LogP) is 4.89. The van der Waals surface area contributed by atoms with Gasteiger partial charge in [0.25, 0.3) is 11.8 Å². The quantitative estimate of drug-likeness (QED) is 0.311. The zero-order valence-corrected chi connectivity index (χ0v) is 21.7. The zero-order valence-electron chi connectivity index (χ0n) is 20.8. The van der Waals surface area contributed by atoms with Gasteiger partial charge in [0.05, 0.1) is 21.3 Å². The van der Waals surface area contributed by atoms with Crippen molar-refractivity contribution in [3.05, 3.63) is 88.7 Å². The fourth-order valence-corrected chi connectivity index (χ4v) is 5.02. The van der Waals surface area contributed by atoms with Gasteiger partial charge in [-0.25, -0.2) is 24.3 Å². The molecule has 1 aliphatic heterocycles. The summed E-state index contributed by atoms with van der Waals surface area (Å²) in [4.78, 5) is 31.9. The number of fused-ring (bicyclic) bond motifs is 1. The molecule has 10 nitrogen and oxygen atoms in total. The van der Waals surface area contributed by atoms with Crippen molar-refractivity contribution in [2.24, 2.45) is 4.99 Å². The second-order valence-electron chi connectivity index (χ2n) is 8.61. The smallest absolute Gasteiger partial charge is 0.317 e. The van der Waals surface area contributed by atoms with Crippen molar-refractivity contribution in [2.75, 3.05) is 10.6 Å². The first-order chi connectivity index (χ1) is 19.0. The van der Waals surface area contributed by atoms with Crippen LogP contribution in [0.3, 0.4) is 0 Å². The van der Waals surface area contributed by atoms with Crippen LogP contribution in [0.2, 0.25) is 0 Å². The topological polar surface area (TPSA) is 131 Å². The molecule has 1 atom stereocenters. The van der Waals surface area contributed by atoms with Crippen LogP contribution in [0, 0.1) is 12.7 Å². The van der Waals surface area contributed by atoms with Crippen molar-refractivity contribution in [2.45, 2.75) is 26.4 Å². The molecular weight excluding hydrogens is 519 g/mol. The lowest BCUT2D eigenvalue weighted by atomic mass is 10.0. The van der Waals surface area contributed by atoms with Crippen LogP contribution in [-0.2, 0) is 11.2 Å². The number of aliphatic imine (C=N–C) groups is 1. The Kier molecular flexibility index (Phi) is 6.37. The maximum absolute atomic E-state index is 14.7. The Morgan fingerprint density at radius 1 is 1.05 bits per heavy atom. The monoisotopic (exact) mass is 540 g/mol. The number of benzene rings is 2. The van der Waals surface area contributed by atoms with Crippen molar-refractivity contribution < 1.29 is 13.6 Å². The summed E-state index contributed by atoms with van der Waals surface area (Å²) in [5, 5.41) is 14.5. The molecule has 194 valence electrons. The Balaban J connectivity index is 1.34. The Labute approximate surface area is 226 Å². The first kappa shape index (κ1) is 24.5. The maximum Gasteiger partial charge on any atom is 0.317 e. The van der Waals surface area contributed by atoms with Gasteiger partial charge in [0, 0.05) is 35.5 Å². The van der Waals surface area contributed by atoms with Crippen molar-refractivity contribution in [1.29, 1.82) is 0 Å². The summed E-state index contributed by atoms with van der Waals surface area (Å²) in [6.45, 7) is 3.86. The number of hydrogen-bond acceptors (Lipinski definition) is 10. The summed E-state index contributed by atoms with van der Waals surface area (Å²) in [7, 11) is 0. The molecule has 1 aliphatic rings. The molecule has 3 aromatic heterocycles. The number of rotatable bonds is 6. The van der Waals surface area contributed by atoms with E-state index < -0.39 is 17.9 Å². The summed E-state index contributed by atoms with van der Waals surface area (Å²) in [6, 6.07) is 13.8. The van der Waals surface area contributed by atoms with Crippen LogP contribution in [0.25, 0.3) is 22.0 Å². The Morgan fingerprint density at radius 2 is 1.85 bits per heavy atom. The Morgan fingerprint density at radius 3 is 2.62 bits per heavy atom. The number of halogens is 1. The standard InChI is InChI=1S/C27H21FN8O2S/c1-3-19-29-12-16(13-30-19)23-22(31-14(2)39-23)26-35-36-27(38-26)34-24-25(37)33-21-17(10-7-11-18(21)28)20(32-24)15-8-5-4-6-9-15/h4-13,24H,3H2,1-2H3,(H,33,37)(H,34,36)/t24-/m0/s1. The number of nitrogens with zero attached hydrogens (tertiary/aromatic N) is 6. The molecule has 0 unspecified atom stereocenters. The van der Waals surface area contributed by atoms with Gasteiger partial charge in [0.2, 0.25) is 6.17 Å². The lowest BCUT2D eigenvalue weighted by molar-refractivity contribution is -0.116. The third-order valence-corrected chi connectivity index (χ3v) is 7.00. The van der Waals surface area contributed by atoms with Crippen LogP contribution in [-0.4, -0.2) is 42.9 Å². The lowest BCUT2D eigenvalue weighted by Crippen LogP contribution is -2.32. The molecule has 2 aromatic carbocycles. The zero-order chi connectivity index (χ0) is 26.9. The number of anilines is 2. The second kappa shape index (κ2) is 10.1. The largest absolute Gasteiger partial charge is 0.402 e. The average Bonchev–Trinajstić information content (AvgIpc) is 3.55. The SMILES string of the molecule is CCc1ncc(-c2sc(C)nc2-c2nnc(N[C@@H]3N=C(c4ccccc4)c4cccc(F)c4NC3=O)o2)cn1. The highest BCUT2D eigenvalue weighted by atomic mass is 32.1. The average molecular weight is 541 g/mol. The van der Waals surface area contributed by atoms with Crippen molar-refractivity contribution >= 4 is 34.7 Å². The van der Waals surface area contributed by atoms with Crippen LogP contribution in [0.5, 0.6) is 0 Å². The van der Waals surface area contributed by atoms with Crippen LogP contribution >= 0.6 is 11.3 Å². The summed E-state index contributed by atoms with van der Waals surface area (Å²) in [6.07, 6.45) is 3.04. The molecule has 0 bridgehead atoms. The molecule has 1 amide bonds. The third-order valence-electron chi connectivity index (χ3n) is 5.98.